The number of carbonyl (C=O) groups is 1. The summed E-state index contributed by atoms with van der Waals surface area (Å²) in [5.41, 5.74) is 1.63. The van der Waals surface area contributed by atoms with Gasteiger partial charge in [0.1, 0.15) is 11.9 Å². The molecule has 1 unspecified atom stereocenters. The predicted molar refractivity (Wildman–Crippen MR) is 105 cm³/mol. The Morgan fingerprint density at radius 3 is 2.79 bits per heavy atom. The largest absolute Gasteiger partial charge is 0.484 e. The summed E-state index contributed by atoms with van der Waals surface area (Å²) in [6.45, 7) is 0.127. The lowest BCUT2D eigenvalue weighted by molar-refractivity contribution is -0.153. The van der Waals surface area contributed by atoms with Crippen molar-refractivity contribution in [1.29, 1.82) is 0 Å². The summed E-state index contributed by atoms with van der Waals surface area (Å²) in [4.78, 5) is 14.2. The molecule has 0 aliphatic carbocycles. The molecule has 3 rings (SSSR count). The van der Waals surface area contributed by atoms with Gasteiger partial charge < -0.3 is 19.7 Å². The first-order chi connectivity index (χ1) is 13.8. The number of morpholine rings is 1. The standard InChI is InChI=1S/C20H20BrF3N2O3/c21-16-5-2-4-15(10-16)18-12-26(7-8-28-18)19(27)25-11-14-3-1-6-17(9-14)29-13-20(22,23)24/h1-6,9-10,18H,7-8,11-13H2,(H,25,27). The van der Waals surface area contributed by atoms with E-state index in [9.17, 15) is 18.0 Å². The highest BCUT2D eigenvalue weighted by molar-refractivity contribution is 9.10. The van der Waals surface area contributed by atoms with Crippen molar-refractivity contribution < 1.29 is 27.4 Å². The van der Waals surface area contributed by atoms with Crippen LogP contribution in [-0.4, -0.2) is 43.4 Å². The van der Waals surface area contributed by atoms with Gasteiger partial charge in [0.15, 0.2) is 6.61 Å². The fraction of sp³-hybridized carbons (Fsp3) is 0.350. The van der Waals surface area contributed by atoms with E-state index in [0.29, 0.717) is 25.3 Å². The third-order valence-corrected chi connectivity index (χ3v) is 4.81. The molecular weight excluding hydrogens is 453 g/mol. The molecule has 2 aromatic rings. The molecule has 1 saturated heterocycles. The minimum atomic E-state index is -4.40. The summed E-state index contributed by atoms with van der Waals surface area (Å²) in [6, 6.07) is 13.7. The molecule has 0 radical (unpaired) electrons. The second-order valence-electron chi connectivity index (χ2n) is 6.57. The van der Waals surface area contributed by atoms with Gasteiger partial charge in [-0.2, -0.15) is 13.2 Å². The van der Waals surface area contributed by atoms with Crippen LogP contribution >= 0.6 is 15.9 Å². The van der Waals surface area contributed by atoms with Crippen molar-refractivity contribution in [2.45, 2.75) is 18.8 Å². The van der Waals surface area contributed by atoms with E-state index in [1.165, 1.54) is 12.1 Å². The summed E-state index contributed by atoms with van der Waals surface area (Å²) in [6.07, 6.45) is -4.61. The first-order valence-electron chi connectivity index (χ1n) is 8.98. The third kappa shape index (κ3) is 6.64. The van der Waals surface area contributed by atoms with Crippen LogP contribution in [0.15, 0.2) is 53.0 Å². The number of nitrogens with zero attached hydrogens (tertiary/aromatic N) is 1. The second-order valence-corrected chi connectivity index (χ2v) is 7.49. The number of halogens is 4. The van der Waals surface area contributed by atoms with E-state index in [4.69, 9.17) is 9.47 Å². The summed E-state index contributed by atoms with van der Waals surface area (Å²) >= 11 is 3.43. The van der Waals surface area contributed by atoms with Crippen LogP contribution in [0, 0.1) is 0 Å². The molecule has 1 heterocycles. The Morgan fingerprint density at radius 1 is 1.24 bits per heavy atom. The first kappa shape index (κ1) is 21.4. The number of hydrogen-bond acceptors (Lipinski definition) is 3. The number of urea groups is 1. The molecule has 9 heteroatoms. The Morgan fingerprint density at radius 2 is 2.03 bits per heavy atom. The average molecular weight is 473 g/mol. The van der Waals surface area contributed by atoms with Crippen LogP contribution in [0.25, 0.3) is 0 Å². The molecule has 1 atom stereocenters. The fourth-order valence-corrected chi connectivity index (χ4v) is 3.36. The van der Waals surface area contributed by atoms with E-state index < -0.39 is 12.8 Å². The number of ether oxygens (including phenoxy) is 2. The van der Waals surface area contributed by atoms with Crippen LogP contribution in [0.3, 0.4) is 0 Å². The lowest BCUT2D eigenvalue weighted by atomic mass is 10.1. The maximum Gasteiger partial charge on any atom is 0.422 e. The van der Waals surface area contributed by atoms with Gasteiger partial charge in [-0.25, -0.2) is 4.79 Å². The topological polar surface area (TPSA) is 50.8 Å². The molecule has 0 spiro atoms. The smallest absolute Gasteiger partial charge is 0.422 e. The minimum absolute atomic E-state index is 0.107. The Kier molecular flexibility index (Phi) is 7.02. The Balaban J connectivity index is 1.54. The molecule has 5 nitrogen and oxygen atoms in total. The quantitative estimate of drug-likeness (QED) is 0.687. The summed E-state index contributed by atoms with van der Waals surface area (Å²) in [5.74, 6) is 0.107. The van der Waals surface area contributed by atoms with Crippen LogP contribution in [0.4, 0.5) is 18.0 Å². The molecule has 2 aromatic carbocycles. The monoisotopic (exact) mass is 472 g/mol. The van der Waals surface area contributed by atoms with Crippen LogP contribution in [-0.2, 0) is 11.3 Å². The van der Waals surface area contributed by atoms with E-state index in [-0.39, 0.29) is 24.4 Å². The highest BCUT2D eigenvalue weighted by atomic mass is 79.9. The SMILES string of the molecule is O=C(NCc1cccc(OCC(F)(F)F)c1)N1CCOC(c2cccc(Br)c2)C1. The number of rotatable bonds is 5. The summed E-state index contributed by atoms with van der Waals surface area (Å²) < 4.78 is 48.3. The molecule has 0 bridgehead atoms. The highest BCUT2D eigenvalue weighted by Crippen LogP contribution is 2.25. The number of hydrogen-bond donors (Lipinski definition) is 1. The summed E-state index contributed by atoms with van der Waals surface area (Å²) in [7, 11) is 0. The van der Waals surface area contributed by atoms with Gasteiger partial charge in [0.2, 0.25) is 0 Å². The van der Waals surface area contributed by atoms with E-state index in [2.05, 4.69) is 21.2 Å². The van der Waals surface area contributed by atoms with Crippen molar-refractivity contribution in [3.05, 3.63) is 64.1 Å². The van der Waals surface area contributed by atoms with E-state index in [1.807, 2.05) is 24.3 Å². The Labute approximate surface area is 174 Å². The Bertz CT molecular complexity index is 848. The van der Waals surface area contributed by atoms with Crippen LogP contribution in [0.1, 0.15) is 17.2 Å². The van der Waals surface area contributed by atoms with Crippen LogP contribution in [0.2, 0.25) is 0 Å². The van der Waals surface area contributed by atoms with Gasteiger partial charge in [0, 0.05) is 17.6 Å². The fourth-order valence-electron chi connectivity index (χ4n) is 2.94. The number of carbonyl (C=O) groups excluding carboxylic acids is 1. The van der Waals surface area contributed by atoms with Crippen molar-refractivity contribution in [2.75, 3.05) is 26.3 Å². The second kappa shape index (κ2) is 9.49. The zero-order valence-electron chi connectivity index (χ0n) is 15.4. The van der Waals surface area contributed by atoms with Crippen LogP contribution < -0.4 is 10.1 Å². The lowest BCUT2D eigenvalue weighted by Gasteiger charge is -2.33. The van der Waals surface area contributed by atoms with Gasteiger partial charge in [-0.15, -0.1) is 0 Å². The maximum absolute atomic E-state index is 12.5. The Hall–Kier alpha value is -2.26. The van der Waals surface area contributed by atoms with Crippen molar-refractivity contribution in [3.63, 3.8) is 0 Å². The molecule has 0 saturated carbocycles. The van der Waals surface area contributed by atoms with Gasteiger partial charge in [-0.05, 0) is 35.4 Å². The molecule has 1 aliphatic rings. The van der Waals surface area contributed by atoms with E-state index in [0.717, 1.165) is 10.0 Å². The number of nitrogens with one attached hydrogen (secondary N) is 1. The van der Waals surface area contributed by atoms with Crippen molar-refractivity contribution in [3.8, 4) is 5.75 Å². The molecule has 0 aromatic heterocycles. The van der Waals surface area contributed by atoms with Gasteiger partial charge in [0.25, 0.3) is 0 Å². The molecule has 29 heavy (non-hydrogen) atoms. The average Bonchev–Trinajstić information content (AvgIpc) is 2.70. The number of alkyl halides is 3. The molecule has 156 valence electrons. The molecule has 1 N–H and O–H groups in total. The maximum atomic E-state index is 12.5. The van der Waals surface area contributed by atoms with Crippen LogP contribution in [0.5, 0.6) is 5.75 Å². The number of amides is 2. The van der Waals surface area contributed by atoms with Gasteiger partial charge in [0.05, 0.1) is 13.2 Å². The zero-order chi connectivity index (χ0) is 20.9. The molecule has 1 fully saturated rings. The third-order valence-electron chi connectivity index (χ3n) is 4.32. The number of benzene rings is 2. The van der Waals surface area contributed by atoms with Gasteiger partial charge in [-0.1, -0.05) is 40.2 Å². The molecule has 2 amide bonds. The van der Waals surface area contributed by atoms with Gasteiger partial charge in [-0.3, -0.25) is 0 Å². The van der Waals surface area contributed by atoms with E-state index in [1.54, 1.807) is 17.0 Å². The van der Waals surface area contributed by atoms with Crippen molar-refractivity contribution >= 4 is 22.0 Å². The molecular formula is C20H20BrF3N2O3. The highest BCUT2D eigenvalue weighted by Gasteiger charge is 2.28. The van der Waals surface area contributed by atoms with Crippen molar-refractivity contribution in [1.82, 2.24) is 10.2 Å². The lowest BCUT2D eigenvalue weighted by Crippen LogP contribution is -2.46. The zero-order valence-corrected chi connectivity index (χ0v) is 17.0. The van der Waals surface area contributed by atoms with E-state index >= 15 is 0 Å². The summed E-state index contributed by atoms with van der Waals surface area (Å²) in [5, 5.41) is 2.80. The normalized spacial score (nSPS) is 17.1. The molecule has 1 aliphatic heterocycles. The predicted octanol–water partition coefficient (Wildman–Crippen LogP) is 4.67. The van der Waals surface area contributed by atoms with Crippen molar-refractivity contribution in [2.24, 2.45) is 0 Å². The van der Waals surface area contributed by atoms with Gasteiger partial charge >= 0.3 is 12.2 Å². The minimum Gasteiger partial charge on any atom is -0.484 e. The first-order valence-corrected chi connectivity index (χ1v) is 9.78.